The van der Waals surface area contributed by atoms with Crippen LogP contribution in [0.5, 0.6) is 5.75 Å². The molecule has 1 aliphatic heterocycles. The van der Waals surface area contributed by atoms with E-state index in [1.54, 1.807) is 12.1 Å². The number of nitrogens with zero attached hydrogens (tertiary/aromatic N) is 2. The average molecular weight is 312 g/mol. The normalized spacial score (nSPS) is 16.6. The molecule has 1 saturated heterocycles. The lowest BCUT2D eigenvalue weighted by Gasteiger charge is -2.37. The van der Waals surface area contributed by atoms with Crippen LogP contribution in [0, 0.1) is 0 Å². The van der Waals surface area contributed by atoms with Gasteiger partial charge in [0.05, 0.1) is 0 Å². The smallest absolute Gasteiger partial charge is 0.226 e. The molecule has 0 atom stereocenters. The van der Waals surface area contributed by atoms with Crippen LogP contribution in [0.15, 0.2) is 36.4 Å². The topological polar surface area (TPSA) is 43.8 Å². The Bertz CT molecular complexity index is 706. The SMILES string of the molecule is CCC(=O)N(c1ccc2cc(O)ccc2c1)C1CCN(C)CC1. The van der Waals surface area contributed by atoms with E-state index in [1.165, 1.54) is 0 Å². The summed E-state index contributed by atoms with van der Waals surface area (Å²) in [6.07, 6.45) is 2.53. The molecule has 122 valence electrons. The van der Waals surface area contributed by atoms with Gasteiger partial charge in [-0.05, 0) is 68.0 Å². The highest BCUT2D eigenvalue weighted by atomic mass is 16.3. The number of phenolic OH excluding ortho intramolecular Hbond substituents is 1. The van der Waals surface area contributed by atoms with Crippen molar-refractivity contribution in [2.24, 2.45) is 0 Å². The van der Waals surface area contributed by atoms with E-state index in [0.29, 0.717) is 6.42 Å². The predicted molar refractivity (Wildman–Crippen MR) is 93.9 cm³/mol. The minimum Gasteiger partial charge on any atom is -0.508 e. The molecule has 4 heteroatoms. The zero-order chi connectivity index (χ0) is 16.4. The van der Waals surface area contributed by atoms with Crippen molar-refractivity contribution in [1.29, 1.82) is 0 Å². The number of hydrogen-bond acceptors (Lipinski definition) is 3. The van der Waals surface area contributed by atoms with Gasteiger partial charge in [-0.2, -0.15) is 0 Å². The minimum absolute atomic E-state index is 0.178. The van der Waals surface area contributed by atoms with Crippen LogP contribution in [0.25, 0.3) is 10.8 Å². The zero-order valence-corrected chi connectivity index (χ0v) is 13.8. The number of benzene rings is 2. The third kappa shape index (κ3) is 3.32. The number of anilines is 1. The summed E-state index contributed by atoms with van der Waals surface area (Å²) in [6, 6.07) is 11.6. The Morgan fingerprint density at radius 2 is 1.83 bits per heavy atom. The Morgan fingerprint density at radius 1 is 1.17 bits per heavy atom. The number of amides is 1. The molecule has 1 heterocycles. The number of fused-ring (bicyclic) bond motifs is 1. The molecule has 3 rings (SSSR count). The third-order valence-electron chi connectivity index (χ3n) is 4.71. The highest BCUT2D eigenvalue weighted by Gasteiger charge is 2.27. The van der Waals surface area contributed by atoms with E-state index in [1.807, 2.05) is 30.0 Å². The summed E-state index contributed by atoms with van der Waals surface area (Å²) in [4.78, 5) is 16.9. The molecule has 0 aromatic heterocycles. The number of piperidine rings is 1. The summed E-state index contributed by atoms with van der Waals surface area (Å²) in [5.41, 5.74) is 0.963. The van der Waals surface area contributed by atoms with Crippen molar-refractivity contribution in [3.05, 3.63) is 36.4 Å². The molecule has 0 saturated carbocycles. The first kappa shape index (κ1) is 15.8. The first-order valence-electron chi connectivity index (χ1n) is 8.32. The highest BCUT2D eigenvalue weighted by molar-refractivity contribution is 5.97. The summed E-state index contributed by atoms with van der Waals surface area (Å²) < 4.78 is 0. The lowest BCUT2D eigenvalue weighted by molar-refractivity contribution is -0.119. The summed E-state index contributed by atoms with van der Waals surface area (Å²) >= 11 is 0. The Balaban J connectivity index is 1.96. The standard InChI is InChI=1S/C19H24N2O2/c1-3-19(23)21(16-8-10-20(2)11-9-16)17-6-4-15-13-18(22)7-5-14(15)12-17/h4-7,12-13,16,22H,3,8-11H2,1-2H3. The maximum atomic E-state index is 12.6. The number of aromatic hydroxyl groups is 1. The number of phenols is 1. The van der Waals surface area contributed by atoms with E-state index in [-0.39, 0.29) is 17.7 Å². The van der Waals surface area contributed by atoms with Gasteiger partial charge in [0.15, 0.2) is 0 Å². The van der Waals surface area contributed by atoms with Gasteiger partial charge in [-0.1, -0.05) is 19.1 Å². The molecular formula is C19H24N2O2. The van der Waals surface area contributed by atoms with E-state index in [0.717, 1.165) is 42.4 Å². The number of likely N-dealkylation sites (tertiary alicyclic amines) is 1. The third-order valence-corrected chi connectivity index (χ3v) is 4.71. The summed E-state index contributed by atoms with van der Waals surface area (Å²) in [7, 11) is 2.13. The quantitative estimate of drug-likeness (QED) is 0.945. The number of rotatable bonds is 3. The monoisotopic (exact) mass is 312 g/mol. The predicted octanol–water partition coefficient (Wildman–Crippen LogP) is 3.38. The van der Waals surface area contributed by atoms with Gasteiger partial charge in [0, 0.05) is 18.2 Å². The van der Waals surface area contributed by atoms with Gasteiger partial charge in [-0.3, -0.25) is 4.79 Å². The number of carbonyl (C=O) groups excluding carboxylic acids is 1. The summed E-state index contributed by atoms with van der Waals surface area (Å²) in [5.74, 6) is 0.444. The van der Waals surface area contributed by atoms with Crippen LogP contribution in [0.2, 0.25) is 0 Å². The van der Waals surface area contributed by atoms with E-state index in [9.17, 15) is 9.90 Å². The fourth-order valence-corrected chi connectivity index (χ4v) is 3.35. The van der Waals surface area contributed by atoms with Crippen LogP contribution >= 0.6 is 0 Å². The van der Waals surface area contributed by atoms with Crippen molar-refractivity contribution in [3.8, 4) is 5.75 Å². The maximum Gasteiger partial charge on any atom is 0.226 e. The largest absolute Gasteiger partial charge is 0.508 e. The molecule has 2 aromatic rings. The Kier molecular flexibility index (Phi) is 4.53. The molecule has 1 amide bonds. The fraction of sp³-hybridized carbons (Fsp3) is 0.421. The maximum absolute atomic E-state index is 12.6. The Labute approximate surface area is 137 Å². The minimum atomic E-state index is 0.178. The Hall–Kier alpha value is -2.07. The van der Waals surface area contributed by atoms with Crippen LogP contribution < -0.4 is 4.90 Å². The van der Waals surface area contributed by atoms with Gasteiger partial charge in [0.1, 0.15) is 5.75 Å². The van der Waals surface area contributed by atoms with Gasteiger partial charge < -0.3 is 14.9 Å². The highest BCUT2D eigenvalue weighted by Crippen LogP contribution is 2.29. The van der Waals surface area contributed by atoms with Gasteiger partial charge in [0.25, 0.3) is 0 Å². The van der Waals surface area contributed by atoms with Crippen molar-refractivity contribution >= 4 is 22.4 Å². The van der Waals surface area contributed by atoms with Gasteiger partial charge >= 0.3 is 0 Å². The van der Waals surface area contributed by atoms with Gasteiger partial charge in [0.2, 0.25) is 5.91 Å². The van der Waals surface area contributed by atoms with Crippen molar-refractivity contribution in [1.82, 2.24) is 4.90 Å². The van der Waals surface area contributed by atoms with Gasteiger partial charge in [-0.25, -0.2) is 0 Å². The summed E-state index contributed by atoms with van der Waals surface area (Å²) in [6.45, 7) is 3.97. The number of hydrogen-bond donors (Lipinski definition) is 1. The first-order chi connectivity index (χ1) is 11.1. The van der Waals surface area contributed by atoms with Crippen molar-refractivity contribution in [2.45, 2.75) is 32.2 Å². The van der Waals surface area contributed by atoms with Crippen molar-refractivity contribution < 1.29 is 9.90 Å². The molecule has 2 aromatic carbocycles. The molecule has 0 bridgehead atoms. The van der Waals surface area contributed by atoms with Crippen LogP contribution in [0.4, 0.5) is 5.69 Å². The molecule has 0 aliphatic carbocycles. The second kappa shape index (κ2) is 6.59. The Morgan fingerprint density at radius 3 is 2.52 bits per heavy atom. The molecule has 0 spiro atoms. The molecule has 1 fully saturated rings. The van der Waals surface area contributed by atoms with Crippen molar-refractivity contribution in [3.63, 3.8) is 0 Å². The molecule has 0 radical (unpaired) electrons. The second-order valence-electron chi connectivity index (χ2n) is 6.37. The average Bonchev–Trinajstić information content (AvgIpc) is 2.56. The first-order valence-corrected chi connectivity index (χ1v) is 8.32. The molecule has 4 nitrogen and oxygen atoms in total. The molecule has 1 aliphatic rings. The molecular weight excluding hydrogens is 288 g/mol. The molecule has 0 unspecified atom stereocenters. The fourth-order valence-electron chi connectivity index (χ4n) is 3.35. The van der Waals surface area contributed by atoms with E-state index >= 15 is 0 Å². The van der Waals surface area contributed by atoms with E-state index in [2.05, 4.69) is 18.0 Å². The lowest BCUT2D eigenvalue weighted by Crippen LogP contribution is -2.46. The van der Waals surface area contributed by atoms with E-state index in [4.69, 9.17) is 0 Å². The summed E-state index contributed by atoms with van der Waals surface area (Å²) in [5, 5.41) is 11.6. The zero-order valence-electron chi connectivity index (χ0n) is 13.8. The second-order valence-corrected chi connectivity index (χ2v) is 6.37. The van der Waals surface area contributed by atoms with Crippen LogP contribution in [-0.2, 0) is 4.79 Å². The van der Waals surface area contributed by atoms with Gasteiger partial charge in [-0.15, -0.1) is 0 Å². The molecule has 23 heavy (non-hydrogen) atoms. The number of carbonyl (C=O) groups is 1. The lowest BCUT2D eigenvalue weighted by atomic mass is 10.0. The van der Waals surface area contributed by atoms with Crippen LogP contribution in [0.1, 0.15) is 26.2 Å². The van der Waals surface area contributed by atoms with Crippen LogP contribution in [-0.4, -0.2) is 42.1 Å². The van der Waals surface area contributed by atoms with Crippen LogP contribution in [0.3, 0.4) is 0 Å². The molecule has 1 N–H and O–H groups in total. The van der Waals surface area contributed by atoms with Crippen molar-refractivity contribution in [2.75, 3.05) is 25.0 Å². The van der Waals surface area contributed by atoms with E-state index < -0.39 is 0 Å².